The smallest absolute Gasteiger partial charge is 0.265 e. The summed E-state index contributed by atoms with van der Waals surface area (Å²) in [6.45, 7) is 6.61. The Labute approximate surface area is 191 Å². The average Bonchev–Trinajstić information content (AvgIpc) is 3.25. The molecule has 0 radical (unpaired) electrons. The molecule has 0 bridgehead atoms. The van der Waals surface area contributed by atoms with Crippen LogP contribution in [0.2, 0.25) is 0 Å². The van der Waals surface area contributed by atoms with E-state index in [4.69, 9.17) is 9.47 Å². The van der Waals surface area contributed by atoms with E-state index in [1.54, 1.807) is 4.90 Å². The topological polar surface area (TPSA) is 80.8 Å². The molecule has 1 aliphatic rings. The molecule has 7 nitrogen and oxygen atoms in total. The van der Waals surface area contributed by atoms with Gasteiger partial charge in [0.05, 0.1) is 11.4 Å². The van der Waals surface area contributed by atoms with Crippen molar-refractivity contribution in [3.63, 3.8) is 0 Å². The van der Waals surface area contributed by atoms with Gasteiger partial charge in [-0.3, -0.25) is 14.9 Å². The molecule has 0 aliphatic carbocycles. The Hall–Kier alpha value is -3.39. The molecule has 2 heterocycles. The molecule has 8 heteroatoms. The van der Waals surface area contributed by atoms with Crippen LogP contribution in [0.3, 0.4) is 0 Å². The van der Waals surface area contributed by atoms with Gasteiger partial charge in [0.2, 0.25) is 0 Å². The molecule has 0 saturated heterocycles. The van der Waals surface area contributed by atoms with Crippen LogP contribution in [0, 0.1) is 13.8 Å². The summed E-state index contributed by atoms with van der Waals surface area (Å²) in [6, 6.07) is 11.4. The highest BCUT2D eigenvalue weighted by atomic mass is 32.1. The minimum Gasteiger partial charge on any atom is -0.483 e. The first-order chi connectivity index (χ1) is 15.5. The van der Waals surface area contributed by atoms with Crippen LogP contribution in [-0.2, 0) is 9.59 Å². The molecular weight excluding hydrogens is 426 g/mol. The van der Waals surface area contributed by atoms with Crippen LogP contribution >= 0.6 is 11.3 Å². The standard InChI is InChI=1S/C24H25N3O4S/c1-4-10-27-19-11-17(8-9-21(19)31-13-23(27)29)18-14-32-24(25-18)26-22(28)12-30-20-7-5-6-15(2)16(20)3/h5-9,11,14H,4,10,12-13H2,1-3H3,(H,25,26,28). The van der Waals surface area contributed by atoms with Crippen LogP contribution in [0.15, 0.2) is 41.8 Å². The third kappa shape index (κ3) is 4.60. The Bertz CT molecular complexity index is 1160. The largest absolute Gasteiger partial charge is 0.483 e. The third-order valence-electron chi connectivity index (χ3n) is 5.31. The van der Waals surface area contributed by atoms with Gasteiger partial charge < -0.3 is 14.4 Å². The van der Waals surface area contributed by atoms with Crippen LogP contribution in [0.4, 0.5) is 10.8 Å². The van der Waals surface area contributed by atoms with Gasteiger partial charge in [-0.15, -0.1) is 11.3 Å². The van der Waals surface area contributed by atoms with E-state index in [0.717, 1.165) is 34.5 Å². The Morgan fingerprint density at radius 3 is 2.94 bits per heavy atom. The van der Waals surface area contributed by atoms with E-state index in [1.807, 2.05) is 62.5 Å². The lowest BCUT2D eigenvalue weighted by atomic mass is 10.1. The lowest BCUT2D eigenvalue weighted by Crippen LogP contribution is -2.39. The number of fused-ring (bicyclic) bond motifs is 1. The summed E-state index contributed by atoms with van der Waals surface area (Å²) in [5.74, 6) is 1.06. The number of thiazole rings is 1. The van der Waals surface area contributed by atoms with Crippen molar-refractivity contribution in [1.82, 2.24) is 4.98 Å². The Kier molecular flexibility index (Phi) is 6.41. The summed E-state index contributed by atoms with van der Waals surface area (Å²) < 4.78 is 11.2. The molecule has 2 aromatic carbocycles. The van der Waals surface area contributed by atoms with Crippen molar-refractivity contribution in [3.8, 4) is 22.8 Å². The van der Waals surface area contributed by atoms with Gasteiger partial charge in [0.15, 0.2) is 18.3 Å². The van der Waals surface area contributed by atoms with Crippen molar-refractivity contribution < 1.29 is 19.1 Å². The molecule has 2 amide bonds. The summed E-state index contributed by atoms with van der Waals surface area (Å²) in [7, 11) is 0. The van der Waals surface area contributed by atoms with Gasteiger partial charge in [-0.2, -0.15) is 0 Å². The first-order valence-corrected chi connectivity index (χ1v) is 11.4. The quantitative estimate of drug-likeness (QED) is 0.569. The van der Waals surface area contributed by atoms with Crippen molar-refractivity contribution >= 4 is 34.0 Å². The van der Waals surface area contributed by atoms with Crippen LogP contribution < -0.4 is 19.7 Å². The fourth-order valence-corrected chi connectivity index (χ4v) is 4.21. The molecular formula is C24H25N3O4S. The maximum absolute atomic E-state index is 12.3. The number of carbonyl (C=O) groups excluding carboxylic acids is 2. The summed E-state index contributed by atoms with van der Waals surface area (Å²) in [4.78, 5) is 30.9. The highest BCUT2D eigenvalue weighted by Crippen LogP contribution is 2.36. The first kappa shape index (κ1) is 21.8. The molecule has 1 aromatic heterocycles. The molecule has 166 valence electrons. The molecule has 0 saturated carbocycles. The zero-order valence-corrected chi connectivity index (χ0v) is 19.1. The number of hydrogen-bond acceptors (Lipinski definition) is 6. The number of carbonyl (C=O) groups is 2. The second-order valence-corrected chi connectivity index (χ2v) is 8.45. The fraction of sp³-hybridized carbons (Fsp3) is 0.292. The number of amides is 2. The molecule has 1 aliphatic heterocycles. The zero-order valence-electron chi connectivity index (χ0n) is 18.3. The fourth-order valence-electron chi connectivity index (χ4n) is 3.47. The maximum Gasteiger partial charge on any atom is 0.265 e. The number of benzene rings is 2. The summed E-state index contributed by atoms with van der Waals surface area (Å²) in [6.07, 6.45) is 0.854. The van der Waals surface area contributed by atoms with Crippen molar-refractivity contribution in [2.24, 2.45) is 0 Å². The minimum absolute atomic E-state index is 0.0495. The second kappa shape index (κ2) is 9.40. The Balaban J connectivity index is 1.44. The van der Waals surface area contributed by atoms with Gasteiger partial charge in [-0.05, 0) is 55.7 Å². The maximum atomic E-state index is 12.3. The predicted molar refractivity (Wildman–Crippen MR) is 126 cm³/mol. The van der Waals surface area contributed by atoms with Gasteiger partial charge in [0, 0.05) is 17.5 Å². The average molecular weight is 452 g/mol. The number of hydrogen-bond donors (Lipinski definition) is 1. The predicted octanol–water partition coefficient (Wildman–Crippen LogP) is 4.58. The SMILES string of the molecule is CCCN1C(=O)COc2ccc(-c3csc(NC(=O)COc4cccc(C)c4C)n3)cc21. The van der Waals surface area contributed by atoms with Gasteiger partial charge in [0.1, 0.15) is 11.5 Å². The molecule has 0 spiro atoms. The van der Waals surface area contributed by atoms with E-state index in [0.29, 0.717) is 23.2 Å². The number of aromatic nitrogens is 1. The molecule has 0 unspecified atom stereocenters. The van der Waals surface area contributed by atoms with Crippen molar-refractivity contribution in [2.45, 2.75) is 27.2 Å². The number of aryl methyl sites for hydroxylation is 1. The lowest BCUT2D eigenvalue weighted by molar-refractivity contribution is -0.121. The molecule has 0 atom stereocenters. The minimum atomic E-state index is -0.273. The third-order valence-corrected chi connectivity index (χ3v) is 6.07. The van der Waals surface area contributed by atoms with E-state index in [2.05, 4.69) is 10.3 Å². The van der Waals surface area contributed by atoms with Crippen LogP contribution in [0.1, 0.15) is 24.5 Å². The summed E-state index contributed by atoms with van der Waals surface area (Å²) >= 11 is 1.34. The van der Waals surface area contributed by atoms with Crippen LogP contribution in [0.5, 0.6) is 11.5 Å². The monoisotopic (exact) mass is 451 g/mol. The van der Waals surface area contributed by atoms with Gasteiger partial charge in [-0.1, -0.05) is 19.1 Å². The van der Waals surface area contributed by atoms with Gasteiger partial charge >= 0.3 is 0 Å². The van der Waals surface area contributed by atoms with E-state index in [-0.39, 0.29) is 25.0 Å². The highest BCUT2D eigenvalue weighted by Gasteiger charge is 2.25. The molecule has 3 aromatic rings. The molecule has 1 N–H and O–H groups in total. The highest BCUT2D eigenvalue weighted by molar-refractivity contribution is 7.14. The van der Waals surface area contributed by atoms with E-state index in [9.17, 15) is 9.59 Å². The normalized spacial score (nSPS) is 12.8. The Morgan fingerprint density at radius 1 is 1.28 bits per heavy atom. The van der Waals surface area contributed by atoms with Gasteiger partial charge in [0.25, 0.3) is 11.8 Å². The lowest BCUT2D eigenvalue weighted by Gasteiger charge is -2.29. The number of anilines is 2. The van der Waals surface area contributed by atoms with Crippen molar-refractivity contribution in [1.29, 1.82) is 0 Å². The number of nitrogens with one attached hydrogen (secondary N) is 1. The number of nitrogens with zero attached hydrogens (tertiary/aromatic N) is 2. The van der Waals surface area contributed by atoms with Crippen LogP contribution in [0.25, 0.3) is 11.3 Å². The van der Waals surface area contributed by atoms with Gasteiger partial charge in [-0.25, -0.2) is 4.98 Å². The zero-order chi connectivity index (χ0) is 22.7. The molecule has 32 heavy (non-hydrogen) atoms. The Morgan fingerprint density at radius 2 is 2.12 bits per heavy atom. The first-order valence-electron chi connectivity index (χ1n) is 10.5. The molecule has 4 rings (SSSR count). The number of rotatable bonds is 7. The van der Waals surface area contributed by atoms with E-state index < -0.39 is 0 Å². The number of ether oxygens (including phenoxy) is 2. The van der Waals surface area contributed by atoms with Crippen molar-refractivity contribution in [2.75, 3.05) is 30.0 Å². The second-order valence-electron chi connectivity index (χ2n) is 7.59. The van der Waals surface area contributed by atoms with Crippen molar-refractivity contribution in [3.05, 3.63) is 52.9 Å². The summed E-state index contributed by atoms with van der Waals surface area (Å²) in [5.41, 5.74) is 4.46. The van der Waals surface area contributed by atoms with E-state index >= 15 is 0 Å². The summed E-state index contributed by atoms with van der Waals surface area (Å²) in [5, 5.41) is 5.15. The molecule has 0 fully saturated rings. The van der Waals surface area contributed by atoms with E-state index in [1.165, 1.54) is 11.3 Å². The van der Waals surface area contributed by atoms with Crippen LogP contribution in [-0.4, -0.2) is 36.6 Å².